The first-order valence-electron chi connectivity index (χ1n) is 9.37. The quantitative estimate of drug-likeness (QED) is 0.727. The lowest BCUT2D eigenvalue weighted by Gasteiger charge is -2.47. The Labute approximate surface area is 178 Å². The van der Waals surface area contributed by atoms with Gasteiger partial charge in [-0.15, -0.1) is 0 Å². The van der Waals surface area contributed by atoms with Crippen molar-refractivity contribution in [3.8, 4) is 0 Å². The van der Waals surface area contributed by atoms with Crippen LogP contribution in [0.3, 0.4) is 0 Å². The minimum absolute atomic E-state index is 0.110. The van der Waals surface area contributed by atoms with Gasteiger partial charge in [0.1, 0.15) is 6.10 Å². The lowest BCUT2D eigenvalue weighted by atomic mass is 9.96. The molecule has 2 atom stereocenters. The number of primary amides is 1. The Morgan fingerprint density at radius 2 is 2.00 bits per heavy atom. The molecule has 1 saturated heterocycles. The molecule has 2 aliphatic rings. The van der Waals surface area contributed by atoms with E-state index in [4.69, 9.17) is 10.5 Å². The van der Waals surface area contributed by atoms with E-state index in [9.17, 15) is 13.2 Å². The summed E-state index contributed by atoms with van der Waals surface area (Å²) >= 11 is 3.47. The van der Waals surface area contributed by atoms with E-state index in [1.54, 1.807) is 18.2 Å². The van der Waals surface area contributed by atoms with Crippen LogP contribution in [0.25, 0.3) is 0 Å². The molecule has 2 aromatic rings. The van der Waals surface area contributed by atoms with Gasteiger partial charge >= 0.3 is 6.09 Å². The molecule has 0 aromatic heterocycles. The predicted molar refractivity (Wildman–Crippen MR) is 115 cm³/mol. The number of amides is 1. The first kappa shape index (κ1) is 20.0. The Hall–Kier alpha value is -2.26. The summed E-state index contributed by atoms with van der Waals surface area (Å²) in [4.78, 5) is 13.6. The third kappa shape index (κ3) is 3.81. The number of anilines is 2. The molecule has 1 amide bonds. The zero-order valence-electron chi connectivity index (χ0n) is 15.9. The van der Waals surface area contributed by atoms with Gasteiger partial charge in [-0.05, 0) is 42.8 Å². The van der Waals surface area contributed by atoms with E-state index >= 15 is 0 Å². The lowest BCUT2D eigenvalue weighted by molar-refractivity contribution is 0.0825. The van der Waals surface area contributed by atoms with Crippen molar-refractivity contribution in [3.63, 3.8) is 0 Å². The SMILES string of the molecule is Cc1cccc(S(=O)(=O)N2C[C@@H]3CC(OC(N)=O)CCN3c3ccc(Br)cc32)c1. The highest BCUT2D eigenvalue weighted by Crippen LogP contribution is 2.42. The number of nitrogens with zero attached hydrogens (tertiary/aromatic N) is 2. The highest BCUT2D eigenvalue weighted by molar-refractivity contribution is 9.10. The molecule has 154 valence electrons. The Kier molecular flexibility index (Phi) is 5.20. The predicted octanol–water partition coefficient (Wildman–Crippen LogP) is 3.40. The van der Waals surface area contributed by atoms with Gasteiger partial charge in [0.05, 0.1) is 28.9 Å². The van der Waals surface area contributed by atoms with Gasteiger partial charge in [-0.2, -0.15) is 0 Å². The van der Waals surface area contributed by atoms with E-state index in [-0.39, 0.29) is 23.6 Å². The number of fused-ring (bicyclic) bond motifs is 3. The maximum absolute atomic E-state index is 13.5. The van der Waals surface area contributed by atoms with Crippen LogP contribution in [0, 0.1) is 6.92 Å². The first-order chi connectivity index (χ1) is 13.8. The summed E-state index contributed by atoms with van der Waals surface area (Å²) in [6, 6.07) is 12.5. The maximum atomic E-state index is 13.5. The van der Waals surface area contributed by atoms with E-state index in [1.807, 2.05) is 31.2 Å². The number of carbonyl (C=O) groups is 1. The van der Waals surface area contributed by atoms with Crippen LogP contribution in [-0.2, 0) is 14.8 Å². The maximum Gasteiger partial charge on any atom is 0.404 e. The third-order valence-corrected chi connectivity index (χ3v) is 7.69. The third-order valence-electron chi connectivity index (χ3n) is 5.42. The van der Waals surface area contributed by atoms with Crippen molar-refractivity contribution in [2.75, 3.05) is 22.3 Å². The Morgan fingerprint density at radius 1 is 1.21 bits per heavy atom. The molecule has 0 aliphatic carbocycles. The Morgan fingerprint density at radius 3 is 2.72 bits per heavy atom. The molecule has 1 fully saturated rings. The van der Waals surface area contributed by atoms with Crippen molar-refractivity contribution in [2.24, 2.45) is 5.73 Å². The van der Waals surface area contributed by atoms with Gasteiger partial charge in [0.2, 0.25) is 0 Å². The zero-order chi connectivity index (χ0) is 20.8. The minimum atomic E-state index is -3.75. The second kappa shape index (κ2) is 7.53. The lowest BCUT2D eigenvalue weighted by Crippen LogP contribution is -2.55. The number of piperidine rings is 1. The standard InChI is InChI=1S/C20H22BrN3O4S/c1-13-3-2-4-17(9-13)29(26,27)24-12-15-11-16(28-20(22)25)7-8-23(15)18-6-5-14(21)10-19(18)24/h2-6,9-10,15-16H,7-8,11-12H2,1H3,(H2,22,25)/t15-,16?/m0/s1. The summed E-state index contributed by atoms with van der Waals surface area (Å²) in [6.45, 7) is 2.81. The summed E-state index contributed by atoms with van der Waals surface area (Å²) in [6.07, 6.45) is 0.0693. The van der Waals surface area contributed by atoms with Gasteiger partial charge in [0.15, 0.2) is 0 Å². The number of rotatable bonds is 3. The van der Waals surface area contributed by atoms with Gasteiger partial charge in [-0.3, -0.25) is 4.31 Å². The molecule has 2 heterocycles. The van der Waals surface area contributed by atoms with Crippen LogP contribution in [0.4, 0.5) is 16.2 Å². The molecule has 7 nitrogen and oxygen atoms in total. The summed E-state index contributed by atoms with van der Waals surface area (Å²) in [7, 11) is -3.75. The largest absolute Gasteiger partial charge is 0.446 e. The molecule has 29 heavy (non-hydrogen) atoms. The number of nitrogens with two attached hydrogens (primary N) is 1. The van der Waals surface area contributed by atoms with Crippen molar-refractivity contribution in [3.05, 3.63) is 52.5 Å². The van der Waals surface area contributed by atoms with Gasteiger partial charge in [0, 0.05) is 23.9 Å². The number of hydrogen-bond acceptors (Lipinski definition) is 5. The van der Waals surface area contributed by atoms with Crippen molar-refractivity contribution < 1.29 is 17.9 Å². The van der Waals surface area contributed by atoms with E-state index < -0.39 is 16.1 Å². The van der Waals surface area contributed by atoms with Crippen LogP contribution < -0.4 is 14.9 Å². The van der Waals surface area contributed by atoms with Crippen LogP contribution in [0.5, 0.6) is 0 Å². The molecule has 2 aromatic carbocycles. The molecule has 9 heteroatoms. The van der Waals surface area contributed by atoms with E-state index in [1.165, 1.54) is 4.31 Å². The molecule has 1 unspecified atom stereocenters. The smallest absolute Gasteiger partial charge is 0.404 e. The fraction of sp³-hybridized carbons (Fsp3) is 0.350. The fourth-order valence-corrected chi connectivity index (χ4v) is 6.10. The summed E-state index contributed by atoms with van der Waals surface area (Å²) in [5.74, 6) is 0. The minimum Gasteiger partial charge on any atom is -0.446 e. The zero-order valence-corrected chi connectivity index (χ0v) is 18.3. The summed E-state index contributed by atoms with van der Waals surface area (Å²) in [5, 5.41) is 0. The van der Waals surface area contributed by atoms with E-state index in [0.29, 0.717) is 25.1 Å². The molecule has 0 bridgehead atoms. The summed E-state index contributed by atoms with van der Waals surface area (Å²) < 4.78 is 34.6. The average Bonchev–Trinajstić information content (AvgIpc) is 2.66. The second-order valence-electron chi connectivity index (χ2n) is 7.42. The van der Waals surface area contributed by atoms with E-state index in [2.05, 4.69) is 20.8 Å². The number of benzene rings is 2. The van der Waals surface area contributed by atoms with Crippen LogP contribution in [0.2, 0.25) is 0 Å². The Balaban J connectivity index is 1.76. The number of carbonyl (C=O) groups excluding carboxylic acids is 1. The van der Waals surface area contributed by atoms with Crippen molar-refractivity contribution in [1.29, 1.82) is 0 Å². The summed E-state index contributed by atoms with van der Waals surface area (Å²) in [5.41, 5.74) is 7.57. The van der Waals surface area contributed by atoms with Gasteiger partial charge in [-0.25, -0.2) is 13.2 Å². The topological polar surface area (TPSA) is 92.9 Å². The molecule has 0 radical (unpaired) electrons. The fourth-order valence-electron chi connectivity index (χ4n) is 4.14. The highest BCUT2D eigenvalue weighted by atomic mass is 79.9. The monoisotopic (exact) mass is 479 g/mol. The normalized spacial score (nSPS) is 21.3. The van der Waals surface area contributed by atoms with Gasteiger partial charge in [-0.1, -0.05) is 28.1 Å². The molecule has 2 N–H and O–H groups in total. The second-order valence-corrected chi connectivity index (χ2v) is 10.2. The van der Waals surface area contributed by atoms with Crippen molar-refractivity contribution in [2.45, 2.75) is 36.8 Å². The number of halogens is 1. The average molecular weight is 480 g/mol. The molecular weight excluding hydrogens is 458 g/mol. The van der Waals surface area contributed by atoms with Crippen LogP contribution in [0.1, 0.15) is 18.4 Å². The molecule has 0 spiro atoms. The highest BCUT2D eigenvalue weighted by Gasteiger charge is 2.41. The van der Waals surface area contributed by atoms with Gasteiger partial charge < -0.3 is 15.4 Å². The number of hydrogen-bond donors (Lipinski definition) is 1. The van der Waals surface area contributed by atoms with Crippen LogP contribution >= 0.6 is 15.9 Å². The first-order valence-corrected chi connectivity index (χ1v) is 11.6. The number of ether oxygens (including phenoxy) is 1. The van der Waals surface area contributed by atoms with Crippen LogP contribution in [0.15, 0.2) is 51.8 Å². The van der Waals surface area contributed by atoms with Gasteiger partial charge in [0.25, 0.3) is 10.0 Å². The van der Waals surface area contributed by atoms with Crippen molar-refractivity contribution in [1.82, 2.24) is 0 Å². The van der Waals surface area contributed by atoms with Crippen LogP contribution in [-0.4, -0.2) is 39.7 Å². The molecule has 0 saturated carbocycles. The molecular formula is C20H22BrN3O4S. The molecule has 2 aliphatic heterocycles. The molecule has 4 rings (SSSR count). The van der Waals surface area contributed by atoms with E-state index in [0.717, 1.165) is 15.7 Å². The number of sulfonamides is 1. The van der Waals surface area contributed by atoms with Crippen molar-refractivity contribution >= 4 is 43.4 Å². The number of aryl methyl sites for hydroxylation is 1. The Bertz CT molecular complexity index is 1060.